The van der Waals surface area contributed by atoms with Gasteiger partial charge in [0.15, 0.2) is 0 Å². The number of hydrogen-bond acceptors (Lipinski definition) is 11. The molecule has 0 aromatic heterocycles. The smallest absolute Gasteiger partial charge is 0.457 e. The van der Waals surface area contributed by atoms with Crippen molar-refractivity contribution in [2.45, 2.75) is 204 Å². The van der Waals surface area contributed by atoms with E-state index in [0.29, 0.717) is 13.0 Å². The monoisotopic (exact) mass is 805 g/mol. The van der Waals surface area contributed by atoms with Crippen LogP contribution in [0.25, 0.3) is 0 Å². The number of ether oxygens (including phenoxy) is 2. The number of hydrogen-bond donors (Lipinski definition) is 6. The molecule has 6 N–H and O–H groups in total. The summed E-state index contributed by atoms with van der Waals surface area (Å²) in [5.74, 6) is -0.493. The molecule has 0 radical (unpaired) electrons. The van der Waals surface area contributed by atoms with E-state index in [1.54, 1.807) is 0 Å². The van der Waals surface area contributed by atoms with Gasteiger partial charge in [0.2, 0.25) is 0 Å². The summed E-state index contributed by atoms with van der Waals surface area (Å²) in [5, 5.41) is 50.0. The average molecular weight is 805 g/mol. The number of allylic oxidation sites excluding steroid dienone is 6. The van der Waals surface area contributed by atoms with Gasteiger partial charge in [-0.15, -0.1) is 0 Å². The molecule has 1 rings (SSSR count). The normalized spacial score (nSPS) is 23.6. The first-order valence-electron chi connectivity index (χ1n) is 21.3. The third kappa shape index (κ3) is 26.2. The molecule has 1 saturated carbocycles. The van der Waals surface area contributed by atoms with Gasteiger partial charge in [0, 0.05) is 13.0 Å². The minimum absolute atomic E-state index is 0.0871. The molecule has 55 heavy (non-hydrogen) atoms. The number of carbonyl (C=O) groups is 1. The van der Waals surface area contributed by atoms with Gasteiger partial charge < -0.3 is 39.9 Å². The highest BCUT2D eigenvalue weighted by Gasteiger charge is 2.51. The first-order chi connectivity index (χ1) is 26.5. The molecule has 1 fully saturated rings. The summed E-state index contributed by atoms with van der Waals surface area (Å²) in [6, 6.07) is 0. The fourth-order valence-electron chi connectivity index (χ4n) is 6.25. The van der Waals surface area contributed by atoms with E-state index in [1.807, 2.05) is 0 Å². The highest BCUT2D eigenvalue weighted by atomic mass is 31.2. The molecule has 0 aliphatic heterocycles. The second-order valence-corrected chi connectivity index (χ2v) is 16.2. The number of unbranched alkanes of at least 4 members (excludes halogenated alkanes) is 17. The van der Waals surface area contributed by atoms with Crippen LogP contribution >= 0.6 is 7.82 Å². The Balaban J connectivity index is 2.43. The first-order valence-corrected chi connectivity index (χ1v) is 22.8. The maximum absolute atomic E-state index is 12.8. The number of aliphatic hydroxyl groups is 5. The van der Waals surface area contributed by atoms with Crippen molar-refractivity contribution in [1.82, 2.24) is 0 Å². The molecule has 0 bridgehead atoms. The largest absolute Gasteiger partial charge is 0.472 e. The van der Waals surface area contributed by atoms with E-state index in [-0.39, 0.29) is 13.0 Å². The Morgan fingerprint density at radius 3 is 1.60 bits per heavy atom. The molecule has 0 spiro atoms. The topological polar surface area (TPSA) is 192 Å². The van der Waals surface area contributed by atoms with Gasteiger partial charge in [-0.05, 0) is 64.2 Å². The molecular weight excluding hydrogens is 727 g/mol. The van der Waals surface area contributed by atoms with Crippen molar-refractivity contribution in [2.24, 2.45) is 0 Å². The highest BCUT2D eigenvalue weighted by molar-refractivity contribution is 7.47. The number of phosphoric ester groups is 1. The van der Waals surface area contributed by atoms with E-state index < -0.39 is 63.1 Å². The molecule has 6 atom stereocenters. The van der Waals surface area contributed by atoms with Crippen molar-refractivity contribution in [3.05, 3.63) is 36.5 Å². The number of esters is 1. The summed E-state index contributed by atoms with van der Waals surface area (Å²) in [4.78, 5) is 23.0. The second-order valence-electron chi connectivity index (χ2n) is 14.8. The van der Waals surface area contributed by atoms with E-state index in [1.165, 1.54) is 51.4 Å². The summed E-state index contributed by atoms with van der Waals surface area (Å²) in [7, 11) is -5.02. The Kier molecular flexibility index (Phi) is 31.4. The Morgan fingerprint density at radius 1 is 0.582 bits per heavy atom. The maximum atomic E-state index is 12.8. The van der Waals surface area contributed by atoms with Crippen LogP contribution in [0, 0.1) is 0 Å². The van der Waals surface area contributed by atoms with E-state index in [4.69, 9.17) is 18.5 Å². The summed E-state index contributed by atoms with van der Waals surface area (Å²) in [6.07, 6.45) is 25.1. The Morgan fingerprint density at radius 2 is 1.04 bits per heavy atom. The Labute approximate surface area is 332 Å². The zero-order valence-electron chi connectivity index (χ0n) is 34.0. The van der Waals surface area contributed by atoms with Crippen molar-refractivity contribution in [3.8, 4) is 0 Å². The van der Waals surface area contributed by atoms with Gasteiger partial charge >= 0.3 is 13.8 Å². The first kappa shape index (κ1) is 51.6. The van der Waals surface area contributed by atoms with Crippen molar-refractivity contribution >= 4 is 13.8 Å². The molecule has 0 aromatic carbocycles. The Bertz CT molecular complexity index is 1050. The lowest BCUT2D eigenvalue weighted by Gasteiger charge is -2.41. The van der Waals surface area contributed by atoms with Crippen LogP contribution in [0.1, 0.15) is 162 Å². The summed E-state index contributed by atoms with van der Waals surface area (Å²) in [6.45, 7) is 4.15. The second kappa shape index (κ2) is 33.5. The van der Waals surface area contributed by atoms with Gasteiger partial charge in [0.25, 0.3) is 0 Å². The van der Waals surface area contributed by atoms with Gasteiger partial charge in [0.1, 0.15) is 42.7 Å². The zero-order chi connectivity index (χ0) is 40.6. The average Bonchev–Trinajstić information content (AvgIpc) is 3.17. The van der Waals surface area contributed by atoms with Crippen LogP contribution in [0.2, 0.25) is 0 Å². The summed E-state index contributed by atoms with van der Waals surface area (Å²) in [5.41, 5.74) is 0. The molecule has 0 heterocycles. The highest BCUT2D eigenvalue weighted by Crippen LogP contribution is 2.47. The van der Waals surface area contributed by atoms with E-state index in [2.05, 4.69) is 50.3 Å². The molecular formula is C42H77O12P. The predicted octanol–water partition coefficient (Wildman–Crippen LogP) is 7.92. The van der Waals surface area contributed by atoms with E-state index >= 15 is 0 Å². The lowest BCUT2D eigenvalue weighted by molar-refractivity contribution is -0.220. The van der Waals surface area contributed by atoms with Crippen LogP contribution < -0.4 is 0 Å². The third-order valence-electron chi connectivity index (χ3n) is 9.74. The fourth-order valence-corrected chi connectivity index (χ4v) is 7.22. The molecule has 0 amide bonds. The quantitative estimate of drug-likeness (QED) is 0.0157. The van der Waals surface area contributed by atoms with Gasteiger partial charge in [-0.2, -0.15) is 0 Å². The number of rotatable bonds is 35. The van der Waals surface area contributed by atoms with Crippen LogP contribution in [0.15, 0.2) is 36.5 Å². The maximum Gasteiger partial charge on any atom is 0.472 e. The van der Waals surface area contributed by atoms with Gasteiger partial charge in [-0.1, -0.05) is 127 Å². The molecule has 1 aliphatic carbocycles. The minimum Gasteiger partial charge on any atom is -0.457 e. The van der Waals surface area contributed by atoms with Crippen LogP contribution in [0.4, 0.5) is 0 Å². The summed E-state index contributed by atoms with van der Waals surface area (Å²) < 4.78 is 34.0. The molecule has 13 heteroatoms. The molecule has 1 aliphatic rings. The van der Waals surface area contributed by atoms with Crippen molar-refractivity contribution in [2.75, 3.05) is 19.8 Å². The van der Waals surface area contributed by atoms with Gasteiger partial charge in [-0.3, -0.25) is 13.8 Å². The third-order valence-corrected chi connectivity index (χ3v) is 10.7. The summed E-state index contributed by atoms with van der Waals surface area (Å²) >= 11 is 0. The predicted molar refractivity (Wildman–Crippen MR) is 216 cm³/mol. The zero-order valence-corrected chi connectivity index (χ0v) is 34.9. The number of carbonyl (C=O) groups excluding carboxylic acids is 1. The van der Waals surface area contributed by atoms with Crippen molar-refractivity contribution in [1.29, 1.82) is 0 Å². The molecule has 0 aromatic rings. The van der Waals surface area contributed by atoms with Gasteiger partial charge in [0.05, 0.1) is 13.2 Å². The van der Waals surface area contributed by atoms with Crippen LogP contribution in [-0.4, -0.2) is 98.9 Å². The Hall–Kier alpha value is -1.44. The SMILES string of the molecule is CCCC/C=C\CCCCCCCC(=O)OC(COCCCCCCCC/C=C\C/C=C\CCCCCC)COP(=O)(O)OC1C(O)C(O)C(O)C(O)C1O. The number of aliphatic hydroxyl groups excluding tert-OH is 5. The standard InChI is InChI=1S/C42H77O12P/c1-3-5-7-9-11-13-15-16-17-18-19-20-22-24-26-28-30-32-51-33-35(53-36(43)31-29-27-25-23-21-14-12-10-8-6-4-2)34-52-55(49,50)54-42-40(47)38(45)37(44)39(46)41(42)48/h10,12-13,15,17-18,35,37-42,44-48H,3-9,11,14,16,19-34H2,1-2H3,(H,49,50)/b12-10-,15-13-,18-17-. The van der Waals surface area contributed by atoms with E-state index in [9.17, 15) is 39.8 Å². The molecule has 12 nitrogen and oxygen atoms in total. The molecule has 322 valence electrons. The number of phosphoric acid groups is 1. The van der Waals surface area contributed by atoms with E-state index in [0.717, 1.165) is 83.5 Å². The van der Waals surface area contributed by atoms with Crippen LogP contribution in [-0.2, 0) is 27.9 Å². The lowest BCUT2D eigenvalue weighted by Crippen LogP contribution is -2.64. The minimum atomic E-state index is -5.02. The fraction of sp³-hybridized carbons (Fsp3) is 0.833. The molecule has 6 unspecified atom stereocenters. The van der Waals surface area contributed by atoms with Crippen LogP contribution in [0.3, 0.4) is 0 Å². The lowest BCUT2D eigenvalue weighted by atomic mass is 9.85. The van der Waals surface area contributed by atoms with Gasteiger partial charge in [-0.25, -0.2) is 4.57 Å². The molecule has 0 saturated heterocycles. The van der Waals surface area contributed by atoms with Crippen molar-refractivity contribution < 1.29 is 58.3 Å². The van der Waals surface area contributed by atoms with Crippen LogP contribution in [0.5, 0.6) is 0 Å². The van der Waals surface area contributed by atoms with Crippen molar-refractivity contribution in [3.63, 3.8) is 0 Å².